The average molecular weight is 475 g/mol. The standard InChI is InChI=1S/C33H18N2O2/c1-3-11-27-20(7-1)22-15-14-19(17-30(22)37-27)35-26-18-25-21-8-2-4-12-28(21)36-29-13-5-9-23(32(25)29)31(26)24-10-6-16-34-33(24)35/h1-18H. The monoisotopic (exact) mass is 474 g/mol. The maximum atomic E-state index is 6.34. The van der Waals surface area contributed by atoms with Gasteiger partial charge in [0.15, 0.2) is 0 Å². The molecule has 9 rings (SSSR count). The molecule has 8 aromatic rings. The SMILES string of the molecule is c1ccc2c(c1)Oc1cccc3c1c-2cc1c3c2cccnc2n1-c1ccc2c(c1)oc1ccccc12. The molecule has 0 spiro atoms. The van der Waals surface area contributed by atoms with Gasteiger partial charge in [-0.1, -0.05) is 48.5 Å². The molecule has 4 nitrogen and oxygen atoms in total. The Kier molecular flexibility index (Phi) is 3.50. The molecule has 4 heterocycles. The van der Waals surface area contributed by atoms with E-state index in [4.69, 9.17) is 14.1 Å². The van der Waals surface area contributed by atoms with Gasteiger partial charge in [-0.05, 0) is 59.5 Å². The van der Waals surface area contributed by atoms with Gasteiger partial charge in [0.2, 0.25) is 0 Å². The maximum Gasteiger partial charge on any atom is 0.145 e. The average Bonchev–Trinajstić information content (AvgIpc) is 3.48. The lowest BCUT2D eigenvalue weighted by atomic mass is 9.92. The van der Waals surface area contributed by atoms with Gasteiger partial charge < -0.3 is 9.15 Å². The lowest BCUT2D eigenvalue weighted by Gasteiger charge is -2.22. The number of benzene rings is 5. The summed E-state index contributed by atoms with van der Waals surface area (Å²) in [7, 11) is 0. The fourth-order valence-electron chi connectivity index (χ4n) is 6.09. The highest BCUT2D eigenvalue weighted by Gasteiger charge is 2.25. The third-order valence-corrected chi connectivity index (χ3v) is 7.63. The second-order valence-electron chi connectivity index (χ2n) is 9.58. The lowest BCUT2D eigenvalue weighted by Crippen LogP contribution is -1.99. The summed E-state index contributed by atoms with van der Waals surface area (Å²) >= 11 is 0. The van der Waals surface area contributed by atoms with Gasteiger partial charge in [-0.25, -0.2) is 4.98 Å². The number of fused-ring (bicyclic) bond motifs is 9. The van der Waals surface area contributed by atoms with Gasteiger partial charge in [-0.15, -0.1) is 0 Å². The molecular weight excluding hydrogens is 456 g/mol. The van der Waals surface area contributed by atoms with Crippen molar-refractivity contribution < 1.29 is 9.15 Å². The second kappa shape index (κ2) is 6.77. The Morgan fingerprint density at radius 1 is 0.568 bits per heavy atom. The quantitative estimate of drug-likeness (QED) is 0.238. The zero-order valence-corrected chi connectivity index (χ0v) is 19.6. The van der Waals surface area contributed by atoms with E-state index in [1.165, 1.54) is 16.3 Å². The summed E-state index contributed by atoms with van der Waals surface area (Å²) in [6, 6.07) is 35.7. The highest BCUT2D eigenvalue weighted by molar-refractivity contribution is 6.25. The fourth-order valence-corrected chi connectivity index (χ4v) is 6.09. The van der Waals surface area contributed by atoms with Gasteiger partial charge in [-0.3, -0.25) is 4.57 Å². The Hall–Kier alpha value is -5.09. The first-order valence-electron chi connectivity index (χ1n) is 12.4. The van der Waals surface area contributed by atoms with Crippen LogP contribution in [0.2, 0.25) is 0 Å². The normalized spacial score (nSPS) is 12.5. The molecule has 172 valence electrons. The summed E-state index contributed by atoms with van der Waals surface area (Å²) in [6.45, 7) is 0. The van der Waals surface area contributed by atoms with E-state index in [0.717, 1.165) is 66.6 Å². The van der Waals surface area contributed by atoms with Crippen LogP contribution in [0.15, 0.2) is 114 Å². The minimum absolute atomic E-state index is 0.868. The Balaban J connectivity index is 1.45. The summed E-state index contributed by atoms with van der Waals surface area (Å²) in [5.74, 6) is 1.77. The summed E-state index contributed by atoms with van der Waals surface area (Å²) in [5.41, 5.74) is 7.10. The Labute approximate surface area is 210 Å². The molecule has 0 radical (unpaired) electrons. The molecule has 0 aliphatic carbocycles. The lowest BCUT2D eigenvalue weighted by molar-refractivity contribution is 0.487. The Bertz CT molecular complexity index is 2240. The van der Waals surface area contributed by atoms with E-state index in [-0.39, 0.29) is 0 Å². The van der Waals surface area contributed by atoms with Crippen molar-refractivity contribution in [2.45, 2.75) is 0 Å². The number of aromatic nitrogens is 2. The number of para-hydroxylation sites is 2. The second-order valence-corrected chi connectivity index (χ2v) is 9.58. The molecule has 4 heteroatoms. The first-order chi connectivity index (χ1) is 18.3. The third kappa shape index (κ3) is 2.44. The highest BCUT2D eigenvalue weighted by Crippen LogP contribution is 2.50. The van der Waals surface area contributed by atoms with Crippen LogP contribution < -0.4 is 4.74 Å². The highest BCUT2D eigenvalue weighted by atomic mass is 16.5. The number of ether oxygens (including phenoxy) is 1. The van der Waals surface area contributed by atoms with E-state index < -0.39 is 0 Å². The van der Waals surface area contributed by atoms with Crippen LogP contribution in [0.3, 0.4) is 0 Å². The van der Waals surface area contributed by atoms with Crippen molar-refractivity contribution in [1.29, 1.82) is 0 Å². The Morgan fingerprint density at radius 2 is 1.38 bits per heavy atom. The van der Waals surface area contributed by atoms with Crippen LogP contribution in [0.4, 0.5) is 0 Å². The van der Waals surface area contributed by atoms with Crippen molar-refractivity contribution in [2.24, 2.45) is 0 Å². The first-order valence-corrected chi connectivity index (χ1v) is 12.4. The summed E-state index contributed by atoms with van der Waals surface area (Å²) in [5, 5.41) is 6.85. The third-order valence-electron chi connectivity index (χ3n) is 7.63. The smallest absolute Gasteiger partial charge is 0.145 e. The van der Waals surface area contributed by atoms with Gasteiger partial charge in [0.05, 0.1) is 11.2 Å². The molecule has 0 amide bonds. The van der Waals surface area contributed by atoms with Crippen molar-refractivity contribution in [3.63, 3.8) is 0 Å². The topological polar surface area (TPSA) is 40.2 Å². The molecule has 1 aliphatic heterocycles. The maximum absolute atomic E-state index is 6.34. The molecule has 0 saturated carbocycles. The van der Waals surface area contributed by atoms with Crippen LogP contribution in [0, 0.1) is 0 Å². The molecule has 1 aliphatic rings. The van der Waals surface area contributed by atoms with Gasteiger partial charge in [0.25, 0.3) is 0 Å². The molecule has 0 unspecified atom stereocenters. The molecule has 5 aromatic carbocycles. The Morgan fingerprint density at radius 3 is 2.38 bits per heavy atom. The van der Waals surface area contributed by atoms with Crippen LogP contribution in [0.1, 0.15) is 0 Å². The number of rotatable bonds is 1. The zero-order valence-electron chi connectivity index (χ0n) is 19.6. The van der Waals surface area contributed by atoms with Crippen LogP contribution in [-0.2, 0) is 0 Å². The molecule has 0 bridgehead atoms. The van der Waals surface area contributed by atoms with Crippen molar-refractivity contribution in [3.05, 3.63) is 109 Å². The summed E-state index contributed by atoms with van der Waals surface area (Å²) < 4.78 is 14.9. The fraction of sp³-hybridized carbons (Fsp3) is 0. The van der Waals surface area contributed by atoms with Gasteiger partial charge in [-0.2, -0.15) is 0 Å². The van der Waals surface area contributed by atoms with Crippen molar-refractivity contribution in [1.82, 2.24) is 9.55 Å². The van der Waals surface area contributed by atoms with Crippen LogP contribution in [-0.4, -0.2) is 9.55 Å². The minimum Gasteiger partial charge on any atom is -0.456 e. The molecular formula is C33H18N2O2. The number of pyridine rings is 1. The first kappa shape index (κ1) is 19.1. The molecule has 37 heavy (non-hydrogen) atoms. The van der Waals surface area contributed by atoms with E-state index in [1.54, 1.807) is 0 Å². The number of hydrogen-bond donors (Lipinski definition) is 0. The van der Waals surface area contributed by atoms with E-state index in [9.17, 15) is 0 Å². The molecule has 0 atom stereocenters. The van der Waals surface area contributed by atoms with Gasteiger partial charge in [0.1, 0.15) is 28.3 Å². The van der Waals surface area contributed by atoms with Gasteiger partial charge >= 0.3 is 0 Å². The minimum atomic E-state index is 0.868. The van der Waals surface area contributed by atoms with E-state index in [1.807, 2.05) is 36.5 Å². The summed E-state index contributed by atoms with van der Waals surface area (Å²) in [6.07, 6.45) is 1.86. The zero-order chi connectivity index (χ0) is 24.1. The predicted octanol–water partition coefficient (Wildman–Crippen LogP) is 9.00. The molecule has 0 fully saturated rings. The van der Waals surface area contributed by atoms with E-state index in [0.29, 0.717) is 0 Å². The summed E-state index contributed by atoms with van der Waals surface area (Å²) in [4.78, 5) is 4.86. The number of nitrogens with zero attached hydrogens (tertiary/aromatic N) is 2. The number of furan rings is 1. The van der Waals surface area contributed by atoms with Crippen LogP contribution in [0.5, 0.6) is 11.5 Å². The van der Waals surface area contributed by atoms with Crippen molar-refractivity contribution in [3.8, 4) is 28.3 Å². The largest absolute Gasteiger partial charge is 0.456 e. The van der Waals surface area contributed by atoms with Crippen LogP contribution in [0.25, 0.3) is 71.5 Å². The predicted molar refractivity (Wildman–Crippen MR) is 149 cm³/mol. The molecule has 0 N–H and O–H groups in total. The van der Waals surface area contributed by atoms with Gasteiger partial charge in [0, 0.05) is 44.8 Å². The van der Waals surface area contributed by atoms with Crippen LogP contribution >= 0.6 is 0 Å². The van der Waals surface area contributed by atoms with E-state index in [2.05, 4.69) is 77.4 Å². The van der Waals surface area contributed by atoms with Crippen molar-refractivity contribution in [2.75, 3.05) is 0 Å². The van der Waals surface area contributed by atoms with E-state index >= 15 is 0 Å². The number of hydrogen-bond acceptors (Lipinski definition) is 3. The van der Waals surface area contributed by atoms with Crippen molar-refractivity contribution >= 4 is 54.6 Å². The molecule has 3 aromatic heterocycles. The molecule has 0 saturated heterocycles.